The lowest BCUT2D eigenvalue weighted by molar-refractivity contribution is -0.671. The summed E-state index contributed by atoms with van der Waals surface area (Å²) in [5.74, 6) is 0. The van der Waals surface area contributed by atoms with Crippen LogP contribution in [0.25, 0.3) is 0 Å². The van der Waals surface area contributed by atoms with Crippen molar-refractivity contribution in [3.05, 3.63) is 30.1 Å². The second-order valence-corrected chi connectivity index (χ2v) is 1.87. The van der Waals surface area contributed by atoms with E-state index in [2.05, 4.69) is 0 Å². The molecule has 0 bridgehead atoms. The molecule has 3 heteroatoms. The Morgan fingerprint density at radius 1 is 1.60 bits per heavy atom. The van der Waals surface area contributed by atoms with E-state index in [1.165, 1.54) is 0 Å². The van der Waals surface area contributed by atoms with Crippen molar-refractivity contribution in [2.24, 2.45) is 7.05 Å². The third kappa shape index (κ3) is 2.04. The van der Waals surface area contributed by atoms with Gasteiger partial charge in [0.1, 0.15) is 18.7 Å². The van der Waals surface area contributed by atoms with Gasteiger partial charge in [-0.2, -0.15) is 5.26 Å². The summed E-state index contributed by atoms with van der Waals surface area (Å²) >= 11 is 0. The van der Waals surface area contributed by atoms with Gasteiger partial charge in [0, 0.05) is 6.07 Å². The van der Waals surface area contributed by atoms with E-state index < -0.39 is 0 Å². The minimum absolute atomic E-state index is 0. The Kier molecular flexibility index (Phi) is 3.45. The smallest absolute Gasteiger partial charge is 0.186 e. The van der Waals surface area contributed by atoms with Crippen molar-refractivity contribution >= 4 is 0 Å². The van der Waals surface area contributed by atoms with Crippen LogP contribution >= 0.6 is 0 Å². The molecule has 0 N–H and O–H groups in total. The number of hydrogen-bond acceptors (Lipinski definition) is 1. The van der Waals surface area contributed by atoms with Crippen molar-refractivity contribution in [1.82, 2.24) is 0 Å². The first-order valence-corrected chi connectivity index (χ1v) is 2.68. The molecule has 0 spiro atoms. The zero-order valence-electron chi connectivity index (χ0n) is 5.58. The topological polar surface area (TPSA) is 27.7 Å². The highest BCUT2D eigenvalue weighted by molar-refractivity contribution is 5.21. The summed E-state index contributed by atoms with van der Waals surface area (Å²) < 4.78 is 1.85. The SMILES string of the molecule is C[n+]1cccc(C#N)c1.[Cl-]. The average Bonchev–Trinajstić information content (AvgIpc) is 1.88. The predicted molar refractivity (Wildman–Crippen MR) is 32.3 cm³/mol. The number of hydrogen-bond donors (Lipinski definition) is 0. The lowest BCUT2D eigenvalue weighted by Gasteiger charge is -1.83. The van der Waals surface area contributed by atoms with Gasteiger partial charge in [-0.25, -0.2) is 4.57 Å². The molecule has 0 radical (unpaired) electrons. The van der Waals surface area contributed by atoms with Crippen LogP contribution in [0.1, 0.15) is 5.56 Å². The van der Waals surface area contributed by atoms with Gasteiger partial charge in [0.05, 0.1) is 0 Å². The zero-order valence-corrected chi connectivity index (χ0v) is 6.34. The molecular formula is C7H7ClN2. The predicted octanol–water partition coefficient (Wildman–Crippen LogP) is -2.61. The van der Waals surface area contributed by atoms with E-state index in [0.29, 0.717) is 5.56 Å². The van der Waals surface area contributed by atoms with Crippen molar-refractivity contribution in [3.63, 3.8) is 0 Å². The van der Waals surface area contributed by atoms with Crippen LogP contribution in [0.4, 0.5) is 0 Å². The van der Waals surface area contributed by atoms with Gasteiger partial charge in [0.25, 0.3) is 0 Å². The maximum absolute atomic E-state index is 8.40. The first-order valence-electron chi connectivity index (χ1n) is 2.68. The first kappa shape index (κ1) is 8.93. The molecule has 0 aromatic carbocycles. The lowest BCUT2D eigenvalue weighted by Crippen LogP contribution is -3.00. The monoisotopic (exact) mass is 154 g/mol. The number of pyridine rings is 1. The number of aryl methyl sites for hydroxylation is 1. The number of nitrogens with zero attached hydrogens (tertiary/aromatic N) is 2. The molecule has 0 saturated heterocycles. The molecule has 0 saturated carbocycles. The molecular weight excluding hydrogens is 148 g/mol. The summed E-state index contributed by atoms with van der Waals surface area (Å²) in [6.45, 7) is 0. The summed E-state index contributed by atoms with van der Waals surface area (Å²) in [6.07, 6.45) is 3.67. The molecule has 2 nitrogen and oxygen atoms in total. The van der Waals surface area contributed by atoms with Crippen molar-refractivity contribution < 1.29 is 17.0 Å². The molecule has 1 aromatic rings. The largest absolute Gasteiger partial charge is 1.00 e. The third-order valence-corrected chi connectivity index (χ3v) is 1.07. The van der Waals surface area contributed by atoms with Crippen LogP contribution in [-0.4, -0.2) is 0 Å². The molecule has 0 atom stereocenters. The number of rotatable bonds is 0. The lowest BCUT2D eigenvalue weighted by atomic mass is 10.3. The van der Waals surface area contributed by atoms with Gasteiger partial charge in [0.2, 0.25) is 0 Å². The molecule has 0 aliphatic carbocycles. The van der Waals surface area contributed by atoms with E-state index in [1.54, 1.807) is 12.3 Å². The van der Waals surface area contributed by atoms with Gasteiger partial charge in [-0.3, -0.25) is 0 Å². The van der Waals surface area contributed by atoms with Crippen molar-refractivity contribution in [3.8, 4) is 6.07 Å². The van der Waals surface area contributed by atoms with Gasteiger partial charge in [0.15, 0.2) is 12.4 Å². The van der Waals surface area contributed by atoms with Crippen LogP contribution < -0.4 is 17.0 Å². The summed E-state index contributed by atoms with van der Waals surface area (Å²) in [5, 5.41) is 8.40. The normalized spacial score (nSPS) is 7.60. The van der Waals surface area contributed by atoms with E-state index in [-0.39, 0.29) is 12.4 Å². The van der Waals surface area contributed by atoms with E-state index in [1.807, 2.05) is 29.9 Å². The molecule has 0 fully saturated rings. The van der Waals surface area contributed by atoms with Crippen molar-refractivity contribution in [1.29, 1.82) is 5.26 Å². The maximum Gasteiger partial charge on any atom is 0.186 e. The molecule has 1 rings (SSSR count). The Morgan fingerprint density at radius 2 is 2.30 bits per heavy atom. The highest BCUT2D eigenvalue weighted by Gasteiger charge is 1.92. The quantitative estimate of drug-likeness (QED) is 0.377. The van der Waals surface area contributed by atoms with Crippen LogP contribution in [0.2, 0.25) is 0 Å². The van der Waals surface area contributed by atoms with E-state index >= 15 is 0 Å². The van der Waals surface area contributed by atoms with Gasteiger partial charge in [-0.05, 0) is 6.07 Å². The van der Waals surface area contributed by atoms with Crippen LogP contribution in [0.15, 0.2) is 24.5 Å². The van der Waals surface area contributed by atoms with Gasteiger partial charge in [-0.15, -0.1) is 0 Å². The molecule has 1 aromatic heterocycles. The highest BCUT2D eigenvalue weighted by atomic mass is 35.5. The number of nitriles is 1. The molecule has 0 amide bonds. The Bertz CT molecular complexity index is 252. The Labute approximate surface area is 66.1 Å². The van der Waals surface area contributed by atoms with E-state index in [0.717, 1.165) is 0 Å². The Hall–Kier alpha value is -1.07. The van der Waals surface area contributed by atoms with Gasteiger partial charge in [-0.1, -0.05) is 0 Å². The van der Waals surface area contributed by atoms with Crippen LogP contribution in [-0.2, 0) is 7.05 Å². The first-order chi connectivity index (χ1) is 4.33. The summed E-state index contributed by atoms with van der Waals surface area (Å²) in [6, 6.07) is 5.67. The molecule has 0 unspecified atom stereocenters. The average molecular weight is 155 g/mol. The summed E-state index contributed by atoms with van der Waals surface area (Å²) in [5.41, 5.74) is 0.694. The Morgan fingerprint density at radius 3 is 2.70 bits per heavy atom. The highest BCUT2D eigenvalue weighted by Crippen LogP contribution is 1.87. The van der Waals surface area contributed by atoms with E-state index in [9.17, 15) is 0 Å². The molecule has 0 aliphatic rings. The third-order valence-electron chi connectivity index (χ3n) is 1.07. The van der Waals surface area contributed by atoms with Gasteiger partial charge >= 0.3 is 0 Å². The zero-order chi connectivity index (χ0) is 6.69. The Balaban J connectivity index is 0.000000810. The van der Waals surface area contributed by atoms with Crippen LogP contribution in [0.5, 0.6) is 0 Å². The summed E-state index contributed by atoms with van der Waals surface area (Å²) in [7, 11) is 1.89. The minimum atomic E-state index is 0. The van der Waals surface area contributed by atoms with Crippen LogP contribution in [0.3, 0.4) is 0 Å². The molecule has 1 heterocycles. The van der Waals surface area contributed by atoms with Gasteiger partial charge < -0.3 is 12.4 Å². The van der Waals surface area contributed by atoms with E-state index in [4.69, 9.17) is 5.26 Å². The van der Waals surface area contributed by atoms with Crippen molar-refractivity contribution in [2.45, 2.75) is 0 Å². The fraction of sp³-hybridized carbons (Fsp3) is 0.143. The second-order valence-electron chi connectivity index (χ2n) is 1.87. The number of halogens is 1. The standard InChI is InChI=1S/C7H7N2.ClH/c1-9-4-2-3-7(5-8)6-9;/h2-4,6H,1H3;1H/q+1;/p-1. The minimum Gasteiger partial charge on any atom is -1.00 e. The summed E-state index contributed by atoms with van der Waals surface area (Å²) in [4.78, 5) is 0. The van der Waals surface area contributed by atoms with Crippen molar-refractivity contribution in [2.75, 3.05) is 0 Å². The second kappa shape index (κ2) is 3.86. The molecule has 52 valence electrons. The fourth-order valence-electron chi connectivity index (χ4n) is 0.654. The number of aromatic nitrogens is 1. The molecule has 10 heavy (non-hydrogen) atoms. The van der Waals surface area contributed by atoms with Crippen LogP contribution in [0, 0.1) is 11.3 Å². The molecule has 0 aliphatic heterocycles. The maximum atomic E-state index is 8.40. The fourth-order valence-corrected chi connectivity index (χ4v) is 0.654.